The fourth-order valence-electron chi connectivity index (χ4n) is 3.76. The molecule has 0 spiro atoms. The molecule has 0 aromatic heterocycles. The summed E-state index contributed by atoms with van der Waals surface area (Å²) in [4.78, 5) is 31.5. The lowest BCUT2D eigenvalue weighted by Gasteiger charge is -2.32. The Bertz CT molecular complexity index is 933. The van der Waals surface area contributed by atoms with E-state index in [0.717, 1.165) is 49.7 Å². The quantitative estimate of drug-likeness (QED) is 0.657. The SMILES string of the molecule is CN1CCN(Cc2cccc(NC(=O)CCC(=O)N(CCC#N)c3ccccc3)c2)CC1. The minimum atomic E-state index is -0.191. The third-order valence-electron chi connectivity index (χ3n) is 5.59. The molecule has 7 heteroatoms. The Morgan fingerprint density at radius 1 is 1.03 bits per heavy atom. The van der Waals surface area contributed by atoms with Gasteiger partial charge in [0.05, 0.1) is 12.5 Å². The van der Waals surface area contributed by atoms with E-state index in [1.807, 2.05) is 48.5 Å². The van der Waals surface area contributed by atoms with Gasteiger partial charge in [-0.3, -0.25) is 14.5 Å². The van der Waals surface area contributed by atoms with Crippen LogP contribution in [-0.4, -0.2) is 61.4 Å². The average molecular weight is 434 g/mol. The smallest absolute Gasteiger partial charge is 0.227 e. The van der Waals surface area contributed by atoms with Crippen molar-refractivity contribution in [3.05, 3.63) is 60.2 Å². The third-order valence-corrected chi connectivity index (χ3v) is 5.59. The van der Waals surface area contributed by atoms with Crippen molar-refractivity contribution in [3.8, 4) is 6.07 Å². The van der Waals surface area contributed by atoms with Gasteiger partial charge in [-0.25, -0.2) is 0 Å². The van der Waals surface area contributed by atoms with Crippen LogP contribution in [0.15, 0.2) is 54.6 Å². The van der Waals surface area contributed by atoms with Gasteiger partial charge in [-0.2, -0.15) is 5.26 Å². The van der Waals surface area contributed by atoms with Gasteiger partial charge in [-0.1, -0.05) is 30.3 Å². The van der Waals surface area contributed by atoms with Gasteiger partial charge >= 0.3 is 0 Å². The molecule has 32 heavy (non-hydrogen) atoms. The summed E-state index contributed by atoms with van der Waals surface area (Å²) in [6.07, 6.45) is 0.428. The van der Waals surface area contributed by atoms with Crippen molar-refractivity contribution in [2.24, 2.45) is 0 Å². The van der Waals surface area contributed by atoms with Crippen LogP contribution in [0.25, 0.3) is 0 Å². The molecule has 0 bridgehead atoms. The van der Waals surface area contributed by atoms with Crippen molar-refractivity contribution in [1.29, 1.82) is 5.26 Å². The molecular weight excluding hydrogens is 402 g/mol. The van der Waals surface area contributed by atoms with E-state index < -0.39 is 0 Å². The predicted octanol–water partition coefficient (Wildman–Crippen LogP) is 3.10. The van der Waals surface area contributed by atoms with E-state index in [1.165, 1.54) is 0 Å². The number of hydrogen-bond acceptors (Lipinski definition) is 5. The molecule has 0 unspecified atom stereocenters. The highest BCUT2D eigenvalue weighted by Gasteiger charge is 2.17. The minimum Gasteiger partial charge on any atom is -0.326 e. The summed E-state index contributed by atoms with van der Waals surface area (Å²) in [7, 11) is 2.14. The van der Waals surface area contributed by atoms with Crippen LogP contribution in [0.5, 0.6) is 0 Å². The molecule has 1 aliphatic rings. The molecule has 1 fully saturated rings. The number of carbonyl (C=O) groups excluding carboxylic acids is 2. The molecule has 1 saturated heterocycles. The zero-order valence-electron chi connectivity index (χ0n) is 18.7. The van der Waals surface area contributed by atoms with Crippen LogP contribution >= 0.6 is 0 Å². The van der Waals surface area contributed by atoms with E-state index in [9.17, 15) is 9.59 Å². The van der Waals surface area contributed by atoms with Crippen molar-refractivity contribution in [2.75, 3.05) is 50.0 Å². The summed E-state index contributed by atoms with van der Waals surface area (Å²) in [5, 5.41) is 11.8. The molecule has 2 aromatic carbocycles. The van der Waals surface area contributed by atoms with E-state index in [4.69, 9.17) is 5.26 Å². The first kappa shape index (κ1) is 23.5. The number of rotatable bonds is 9. The fraction of sp³-hybridized carbons (Fsp3) is 0.400. The van der Waals surface area contributed by atoms with Crippen LogP contribution in [0.1, 0.15) is 24.8 Å². The predicted molar refractivity (Wildman–Crippen MR) is 126 cm³/mol. The zero-order valence-corrected chi connectivity index (χ0v) is 18.7. The number of nitrogens with zero attached hydrogens (tertiary/aromatic N) is 4. The average Bonchev–Trinajstić information content (AvgIpc) is 2.80. The van der Waals surface area contributed by atoms with Gasteiger partial charge in [-0.15, -0.1) is 0 Å². The first-order chi connectivity index (χ1) is 15.5. The summed E-state index contributed by atoms with van der Waals surface area (Å²) < 4.78 is 0. The number of likely N-dealkylation sites (N-methyl/N-ethyl adjacent to an activating group) is 1. The maximum atomic E-state index is 12.7. The van der Waals surface area contributed by atoms with Gasteiger partial charge < -0.3 is 15.1 Å². The van der Waals surface area contributed by atoms with Crippen LogP contribution in [0.4, 0.5) is 11.4 Å². The Morgan fingerprint density at radius 3 is 2.50 bits per heavy atom. The Morgan fingerprint density at radius 2 is 1.78 bits per heavy atom. The van der Waals surface area contributed by atoms with Crippen molar-refractivity contribution in [1.82, 2.24) is 9.80 Å². The molecule has 3 rings (SSSR count). The van der Waals surface area contributed by atoms with E-state index in [-0.39, 0.29) is 31.1 Å². The van der Waals surface area contributed by atoms with Crippen molar-refractivity contribution < 1.29 is 9.59 Å². The second-order valence-electron chi connectivity index (χ2n) is 8.12. The normalized spacial score (nSPS) is 14.5. The Kier molecular flexibility index (Phi) is 8.79. The van der Waals surface area contributed by atoms with E-state index in [2.05, 4.69) is 34.3 Å². The van der Waals surface area contributed by atoms with Crippen LogP contribution in [-0.2, 0) is 16.1 Å². The number of carbonyl (C=O) groups is 2. The first-order valence-corrected chi connectivity index (χ1v) is 11.1. The largest absolute Gasteiger partial charge is 0.326 e. The van der Waals surface area contributed by atoms with Gasteiger partial charge in [0.2, 0.25) is 11.8 Å². The maximum Gasteiger partial charge on any atom is 0.227 e. The topological polar surface area (TPSA) is 79.7 Å². The van der Waals surface area contributed by atoms with Crippen LogP contribution in [0.2, 0.25) is 0 Å². The summed E-state index contributed by atoms with van der Waals surface area (Å²) >= 11 is 0. The molecule has 0 saturated carbocycles. The molecule has 1 N–H and O–H groups in total. The Labute approximate surface area is 190 Å². The van der Waals surface area contributed by atoms with Crippen LogP contribution < -0.4 is 10.2 Å². The number of benzene rings is 2. The molecule has 0 radical (unpaired) electrons. The number of para-hydroxylation sites is 1. The standard InChI is InChI=1S/C25H31N5O2/c1-28-15-17-29(18-16-28)20-21-7-5-8-22(19-21)27-24(31)11-12-25(32)30(14-6-13-26)23-9-3-2-4-10-23/h2-5,7-10,19H,6,11-12,14-18,20H2,1H3,(H,27,31). The number of nitrogens with one attached hydrogen (secondary N) is 1. The van der Waals surface area contributed by atoms with Crippen molar-refractivity contribution in [3.63, 3.8) is 0 Å². The lowest BCUT2D eigenvalue weighted by molar-refractivity contribution is -0.122. The molecule has 1 heterocycles. The van der Waals surface area contributed by atoms with E-state index >= 15 is 0 Å². The van der Waals surface area contributed by atoms with Gasteiger partial charge in [-0.05, 0) is 36.9 Å². The minimum absolute atomic E-state index is 0.0904. The third kappa shape index (κ3) is 7.19. The molecule has 0 aliphatic carbocycles. The van der Waals surface area contributed by atoms with Gasteiger partial charge in [0.15, 0.2) is 0 Å². The summed E-state index contributed by atoms with van der Waals surface area (Å²) in [6.45, 7) is 5.39. The van der Waals surface area contributed by atoms with Crippen molar-refractivity contribution in [2.45, 2.75) is 25.8 Å². The molecule has 7 nitrogen and oxygen atoms in total. The molecular formula is C25H31N5O2. The molecule has 2 aromatic rings. The second kappa shape index (κ2) is 12.0. The number of hydrogen-bond donors (Lipinski definition) is 1. The van der Waals surface area contributed by atoms with Crippen LogP contribution in [0.3, 0.4) is 0 Å². The van der Waals surface area contributed by atoms with Gasteiger partial charge in [0.1, 0.15) is 0 Å². The highest BCUT2D eigenvalue weighted by Crippen LogP contribution is 2.17. The van der Waals surface area contributed by atoms with E-state index in [1.54, 1.807) is 4.90 Å². The lowest BCUT2D eigenvalue weighted by Crippen LogP contribution is -2.43. The first-order valence-electron chi connectivity index (χ1n) is 11.1. The van der Waals surface area contributed by atoms with Gasteiger partial charge in [0.25, 0.3) is 0 Å². The number of anilines is 2. The summed E-state index contributed by atoms with van der Waals surface area (Å²) in [5.74, 6) is -0.353. The Balaban J connectivity index is 1.51. The highest BCUT2D eigenvalue weighted by atomic mass is 16.2. The van der Waals surface area contributed by atoms with Gasteiger partial charge in [0, 0.05) is 63.5 Å². The molecule has 2 amide bonds. The van der Waals surface area contributed by atoms with E-state index in [0.29, 0.717) is 6.54 Å². The fourth-order valence-corrected chi connectivity index (χ4v) is 3.76. The van der Waals surface area contributed by atoms with Crippen LogP contribution in [0, 0.1) is 11.3 Å². The second-order valence-corrected chi connectivity index (χ2v) is 8.12. The molecule has 1 aliphatic heterocycles. The zero-order chi connectivity index (χ0) is 22.8. The molecule has 0 atom stereocenters. The number of amides is 2. The highest BCUT2D eigenvalue weighted by molar-refractivity contribution is 5.98. The summed E-state index contributed by atoms with van der Waals surface area (Å²) in [6, 6.07) is 19.2. The molecule has 168 valence electrons. The summed E-state index contributed by atoms with van der Waals surface area (Å²) in [5.41, 5.74) is 2.65. The lowest BCUT2D eigenvalue weighted by atomic mass is 10.1. The Hall–Kier alpha value is -3.21. The monoisotopic (exact) mass is 433 g/mol. The van der Waals surface area contributed by atoms with Crippen molar-refractivity contribution >= 4 is 23.2 Å². The number of piperazine rings is 1. The maximum absolute atomic E-state index is 12.7. The number of nitriles is 1.